The van der Waals surface area contributed by atoms with Crippen molar-refractivity contribution in [1.82, 2.24) is 4.98 Å². The van der Waals surface area contributed by atoms with Gasteiger partial charge in [-0.2, -0.15) is 0 Å². The van der Waals surface area contributed by atoms with Crippen LogP contribution in [-0.4, -0.2) is 22.6 Å². The summed E-state index contributed by atoms with van der Waals surface area (Å²) in [4.78, 5) is 40.4. The number of carbonyl (C=O) groups excluding carboxylic acids is 2. The van der Waals surface area contributed by atoms with Gasteiger partial charge in [0.2, 0.25) is 11.3 Å². The monoisotopic (exact) mass is 351 g/mol. The Labute approximate surface area is 146 Å². The van der Waals surface area contributed by atoms with Gasteiger partial charge in [-0.25, -0.2) is 0 Å². The maximum absolute atomic E-state index is 12.5. The molecule has 0 saturated heterocycles. The first-order chi connectivity index (χ1) is 12.1. The third-order valence-electron chi connectivity index (χ3n) is 3.90. The number of aromatic amines is 1. The van der Waals surface area contributed by atoms with E-state index in [1.807, 2.05) is 12.1 Å². The van der Waals surface area contributed by atoms with Crippen LogP contribution in [0.2, 0.25) is 0 Å². The number of amides is 2. The molecule has 4 rings (SSSR count). The van der Waals surface area contributed by atoms with Crippen LogP contribution in [0.1, 0.15) is 10.4 Å². The molecule has 0 atom stereocenters. The first-order valence-corrected chi connectivity index (χ1v) is 8.59. The molecule has 0 saturated carbocycles. The van der Waals surface area contributed by atoms with Crippen LogP contribution >= 0.6 is 11.8 Å². The maximum Gasteiger partial charge on any atom is 0.261 e. The Morgan fingerprint density at radius 3 is 2.84 bits per heavy atom. The van der Waals surface area contributed by atoms with E-state index < -0.39 is 5.91 Å². The molecule has 124 valence electrons. The van der Waals surface area contributed by atoms with Crippen LogP contribution in [0.15, 0.2) is 58.4 Å². The Kier molecular flexibility index (Phi) is 3.77. The molecule has 2 heterocycles. The fourth-order valence-corrected chi connectivity index (χ4v) is 3.48. The van der Waals surface area contributed by atoms with Gasteiger partial charge in [0.05, 0.1) is 11.4 Å². The zero-order valence-corrected chi connectivity index (χ0v) is 13.8. The van der Waals surface area contributed by atoms with Gasteiger partial charge in [-0.05, 0) is 30.3 Å². The summed E-state index contributed by atoms with van der Waals surface area (Å²) < 4.78 is 0. The number of nitrogens with one attached hydrogen (secondary N) is 3. The summed E-state index contributed by atoms with van der Waals surface area (Å²) in [6.45, 7) is 0. The number of anilines is 2. The van der Waals surface area contributed by atoms with E-state index in [2.05, 4.69) is 15.6 Å². The van der Waals surface area contributed by atoms with Crippen LogP contribution in [0, 0.1) is 0 Å². The number of para-hydroxylation sites is 1. The van der Waals surface area contributed by atoms with Crippen LogP contribution in [0.5, 0.6) is 0 Å². The lowest BCUT2D eigenvalue weighted by atomic mass is 10.1. The first-order valence-electron chi connectivity index (χ1n) is 7.60. The normalized spacial score (nSPS) is 13.2. The van der Waals surface area contributed by atoms with Gasteiger partial charge in [0.25, 0.3) is 5.91 Å². The zero-order valence-electron chi connectivity index (χ0n) is 13.0. The highest BCUT2D eigenvalue weighted by molar-refractivity contribution is 8.00. The molecule has 1 aromatic heterocycles. The lowest BCUT2D eigenvalue weighted by molar-refractivity contribution is -0.113. The summed E-state index contributed by atoms with van der Waals surface area (Å²) >= 11 is 1.44. The number of aromatic nitrogens is 1. The molecule has 0 fully saturated rings. The number of hydrogen-bond acceptors (Lipinski definition) is 4. The number of pyridine rings is 1. The molecule has 6 nitrogen and oxygen atoms in total. The molecule has 0 unspecified atom stereocenters. The fraction of sp³-hybridized carbons (Fsp3) is 0.0556. The van der Waals surface area contributed by atoms with Crippen LogP contribution in [0.3, 0.4) is 0 Å². The number of H-pyrrole nitrogens is 1. The molecule has 1 aliphatic rings. The molecule has 2 aromatic carbocycles. The minimum atomic E-state index is -0.498. The van der Waals surface area contributed by atoms with E-state index in [-0.39, 0.29) is 16.9 Å². The molecule has 25 heavy (non-hydrogen) atoms. The number of fused-ring (bicyclic) bond motifs is 2. The minimum Gasteiger partial charge on any atom is -0.360 e. The summed E-state index contributed by atoms with van der Waals surface area (Å²) in [5, 5.41) is 5.94. The molecule has 7 heteroatoms. The molecule has 2 amide bonds. The van der Waals surface area contributed by atoms with Crippen molar-refractivity contribution >= 4 is 45.9 Å². The van der Waals surface area contributed by atoms with E-state index in [1.54, 1.807) is 30.3 Å². The van der Waals surface area contributed by atoms with Crippen molar-refractivity contribution in [3.05, 3.63) is 64.4 Å². The molecule has 0 radical (unpaired) electrons. The average Bonchev–Trinajstić information content (AvgIpc) is 2.62. The highest BCUT2D eigenvalue weighted by atomic mass is 32.2. The van der Waals surface area contributed by atoms with E-state index in [1.165, 1.54) is 18.0 Å². The van der Waals surface area contributed by atoms with E-state index in [0.717, 1.165) is 4.90 Å². The standard InChI is InChI=1S/C18H13N3O3S/c22-16-9-25-15-6-5-10(7-14(15)21-16)20-18(24)12-8-19-13-4-2-1-3-11(13)17(12)23/h1-8H,9H2,(H,19,23)(H,20,24)(H,21,22). The summed E-state index contributed by atoms with van der Waals surface area (Å²) in [6.07, 6.45) is 1.41. The SMILES string of the molecule is O=C1CSc2ccc(NC(=O)c3c[nH]c4ccccc4c3=O)cc2N1. The molecule has 0 aliphatic carbocycles. The van der Waals surface area contributed by atoms with Crippen LogP contribution < -0.4 is 16.1 Å². The molecular weight excluding hydrogens is 338 g/mol. The van der Waals surface area contributed by atoms with Gasteiger partial charge in [0, 0.05) is 27.7 Å². The van der Waals surface area contributed by atoms with Crippen molar-refractivity contribution in [3.8, 4) is 0 Å². The van der Waals surface area contributed by atoms with Gasteiger partial charge in [-0.15, -0.1) is 11.8 Å². The van der Waals surface area contributed by atoms with E-state index >= 15 is 0 Å². The van der Waals surface area contributed by atoms with Crippen molar-refractivity contribution in [2.24, 2.45) is 0 Å². The van der Waals surface area contributed by atoms with E-state index in [9.17, 15) is 14.4 Å². The van der Waals surface area contributed by atoms with Gasteiger partial charge in [-0.3, -0.25) is 14.4 Å². The lowest BCUT2D eigenvalue weighted by Crippen LogP contribution is -2.22. The van der Waals surface area contributed by atoms with Crippen molar-refractivity contribution in [3.63, 3.8) is 0 Å². The third-order valence-corrected chi connectivity index (χ3v) is 4.98. The second-order valence-electron chi connectivity index (χ2n) is 5.58. The van der Waals surface area contributed by atoms with Crippen LogP contribution in [0.4, 0.5) is 11.4 Å². The lowest BCUT2D eigenvalue weighted by Gasteiger charge is -2.17. The van der Waals surface area contributed by atoms with E-state index in [0.29, 0.717) is 28.0 Å². The number of benzene rings is 2. The highest BCUT2D eigenvalue weighted by Gasteiger charge is 2.17. The Morgan fingerprint density at radius 1 is 1.12 bits per heavy atom. The minimum absolute atomic E-state index is 0.0369. The smallest absolute Gasteiger partial charge is 0.261 e. The van der Waals surface area contributed by atoms with Gasteiger partial charge in [-0.1, -0.05) is 12.1 Å². The van der Waals surface area contributed by atoms with Crippen LogP contribution in [0.25, 0.3) is 10.9 Å². The molecule has 3 aromatic rings. The zero-order chi connectivity index (χ0) is 17.4. The van der Waals surface area contributed by atoms with Gasteiger partial charge in [0.15, 0.2) is 0 Å². The molecule has 0 spiro atoms. The van der Waals surface area contributed by atoms with Crippen molar-refractivity contribution in [1.29, 1.82) is 0 Å². The Bertz CT molecular complexity index is 1070. The predicted molar refractivity (Wildman–Crippen MR) is 98.3 cm³/mol. The molecule has 3 N–H and O–H groups in total. The second-order valence-corrected chi connectivity index (χ2v) is 6.60. The highest BCUT2D eigenvalue weighted by Crippen LogP contribution is 2.33. The fourth-order valence-electron chi connectivity index (χ4n) is 2.70. The first kappa shape index (κ1) is 15.5. The summed E-state index contributed by atoms with van der Waals surface area (Å²) in [5.74, 6) is -0.195. The quantitative estimate of drug-likeness (QED) is 0.662. The predicted octanol–water partition coefficient (Wildman–Crippen LogP) is 2.82. The maximum atomic E-state index is 12.5. The average molecular weight is 351 g/mol. The topological polar surface area (TPSA) is 91.1 Å². The number of rotatable bonds is 2. The number of thioether (sulfide) groups is 1. The molecule has 1 aliphatic heterocycles. The molecule has 0 bridgehead atoms. The largest absolute Gasteiger partial charge is 0.360 e. The van der Waals surface area contributed by atoms with Crippen molar-refractivity contribution < 1.29 is 9.59 Å². The summed E-state index contributed by atoms with van der Waals surface area (Å²) in [6, 6.07) is 12.3. The van der Waals surface area contributed by atoms with Crippen LogP contribution in [-0.2, 0) is 4.79 Å². The summed E-state index contributed by atoms with van der Waals surface area (Å²) in [5.41, 5.74) is 1.56. The Balaban J connectivity index is 1.65. The Hall–Kier alpha value is -3.06. The van der Waals surface area contributed by atoms with Crippen molar-refractivity contribution in [2.45, 2.75) is 4.90 Å². The van der Waals surface area contributed by atoms with E-state index in [4.69, 9.17) is 0 Å². The summed E-state index contributed by atoms with van der Waals surface area (Å²) in [7, 11) is 0. The Morgan fingerprint density at radius 2 is 1.96 bits per heavy atom. The third kappa shape index (κ3) is 2.89. The number of carbonyl (C=O) groups is 2. The van der Waals surface area contributed by atoms with Gasteiger partial charge < -0.3 is 15.6 Å². The second kappa shape index (κ2) is 6.10. The number of hydrogen-bond donors (Lipinski definition) is 3. The van der Waals surface area contributed by atoms with Gasteiger partial charge >= 0.3 is 0 Å². The molecular formula is C18H13N3O3S. The van der Waals surface area contributed by atoms with Crippen molar-refractivity contribution in [2.75, 3.05) is 16.4 Å². The van der Waals surface area contributed by atoms with Gasteiger partial charge in [0.1, 0.15) is 5.56 Å².